The molecule has 11 heteroatoms. The summed E-state index contributed by atoms with van der Waals surface area (Å²) in [6.45, 7) is -0.182. The molecule has 1 heterocycles. The summed E-state index contributed by atoms with van der Waals surface area (Å²) in [6, 6.07) is 4.15. The molecule has 0 N–H and O–H groups in total. The van der Waals surface area contributed by atoms with Crippen molar-refractivity contribution in [2.75, 3.05) is 0 Å². The van der Waals surface area contributed by atoms with Gasteiger partial charge in [-0.15, -0.1) is 0 Å². The summed E-state index contributed by atoms with van der Waals surface area (Å²) in [5.74, 6) is -1.45. The molecule has 0 saturated carbocycles. The van der Waals surface area contributed by atoms with Crippen molar-refractivity contribution in [1.82, 2.24) is 9.78 Å². The molecule has 0 aliphatic rings. The Labute approximate surface area is 131 Å². The van der Waals surface area contributed by atoms with Crippen molar-refractivity contribution in [3.05, 3.63) is 50.4 Å². The number of nitrogens with zero attached hydrogens (tertiary/aromatic N) is 3. The molecule has 21 heavy (non-hydrogen) atoms. The maximum Gasteiger partial charge on any atom is 0.410 e. The minimum absolute atomic E-state index is 0.181. The molecule has 112 valence electrons. The predicted octanol–water partition coefficient (Wildman–Crippen LogP) is 2.67. The van der Waals surface area contributed by atoms with Crippen molar-refractivity contribution in [2.45, 2.75) is 11.4 Å². The minimum atomic E-state index is -4.32. The summed E-state index contributed by atoms with van der Waals surface area (Å²) >= 11 is 3.16. The zero-order valence-corrected chi connectivity index (χ0v) is 13.2. The Hall–Kier alpha value is -1.52. The SMILES string of the molecule is O=[N+]([O-])c1nn(Cc2cc(Br)ccc2F)cc1S(=O)(=O)Cl. The second-order valence-corrected chi connectivity index (χ2v) is 7.40. The third-order valence-electron chi connectivity index (χ3n) is 2.49. The summed E-state index contributed by atoms with van der Waals surface area (Å²) in [5.41, 5.74) is 0.181. The third kappa shape index (κ3) is 3.57. The van der Waals surface area contributed by atoms with Gasteiger partial charge in [-0.1, -0.05) is 15.9 Å². The third-order valence-corrected chi connectivity index (χ3v) is 4.29. The van der Waals surface area contributed by atoms with E-state index in [0.29, 0.717) is 4.47 Å². The quantitative estimate of drug-likeness (QED) is 0.448. The van der Waals surface area contributed by atoms with Crippen LogP contribution in [0.1, 0.15) is 5.56 Å². The smallest absolute Gasteiger partial charge is 0.358 e. The summed E-state index contributed by atoms with van der Waals surface area (Å²) in [7, 11) is 0.789. The van der Waals surface area contributed by atoms with Gasteiger partial charge < -0.3 is 10.1 Å². The van der Waals surface area contributed by atoms with E-state index in [9.17, 15) is 22.9 Å². The van der Waals surface area contributed by atoms with Gasteiger partial charge in [0.15, 0.2) is 0 Å². The van der Waals surface area contributed by atoms with E-state index in [2.05, 4.69) is 21.0 Å². The number of hydrogen-bond acceptors (Lipinski definition) is 5. The van der Waals surface area contributed by atoms with Crippen LogP contribution in [0.25, 0.3) is 0 Å². The maximum absolute atomic E-state index is 13.6. The number of rotatable bonds is 4. The van der Waals surface area contributed by atoms with Crippen LogP contribution < -0.4 is 0 Å². The van der Waals surface area contributed by atoms with Gasteiger partial charge in [-0.3, -0.25) is 0 Å². The molecule has 0 bridgehead atoms. The lowest BCUT2D eigenvalue weighted by molar-refractivity contribution is -0.392. The van der Waals surface area contributed by atoms with Crippen LogP contribution in [-0.4, -0.2) is 23.1 Å². The monoisotopic (exact) mass is 397 g/mol. The molecule has 2 rings (SSSR count). The Morgan fingerprint density at radius 1 is 1.48 bits per heavy atom. The van der Waals surface area contributed by atoms with Crippen molar-refractivity contribution in [1.29, 1.82) is 0 Å². The van der Waals surface area contributed by atoms with Gasteiger partial charge in [0, 0.05) is 20.7 Å². The van der Waals surface area contributed by atoms with Gasteiger partial charge in [0.25, 0.3) is 9.05 Å². The highest BCUT2D eigenvalue weighted by Gasteiger charge is 2.30. The highest BCUT2D eigenvalue weighted by Crippen LogP contribution is 2.26. The summed E-state index contributed by atoms with van der Waals surface area (Å²) < 4.78 is 37.7. The van der Waals surface area contributed by atoms with Crippen LogP contribution in [0.5, 0.6) is 0 Å². The molecule has 0 atom stereocenters. The van der Waals surface area contributed by atoms with Crippen LogP contribution in [0.2, 0.25) is 0 Å². The van der Waals surface area contributed by atoms with E-state index in [-0.39, 0.29) is 12.1 Å². The van der Waals surface area contributed by atoms with Crippen LogP contribution in [0.4, 0.5) is 10.2 Å². The first-order chi connectivity index (χ1) is 9.68. The Morgan fingerprint density at radius 3 is 2.67 bits per heavy atom. The van der Waals surface area contributed by atoms with Crippen molar-refractivity contribution in [3.63, 3.8) is 0 Å². The predicted molar refractivity (Wildman–Crippen MR) is 75.1 cm³/mol. The van der Waals surface area contributed by atoms with Gasteiger partial charge in [-0.2, -0.15) is 4.68 Å². The lowest BCUT2D eigenvalue weighted by Crippen LogP contribution is -2.03. The number of nitro groups is 1. The highest BCUT2D eigenvalue weighted by molar-refractivity contribution is 9.10. The molecule has 0 saturated heterocycles. The topological polar surface area (TPSA) is 95.1 Å². The molecular formula is C10H6BrClFN3O4S. The second kappa shape index (κ2) is 5.70. The molecule has 0 aliphatic heterocycles. The van der Waals surface area contributed by atoms with Crippen molar-refractivity contribution < 1.29 is 17.7 Å². The lowest BCUT2D eigenvalue weighted by Gasteiger charge is -2.01. The van der Waals surface area contributed by atoms with Crippen molar-refractivity contribution >= 4 is 41.5 Å². The standard InChI is InChI=1S/C10H6BrClFN3O4S/c11-7-1-2-8(13)6(3-7)4-15-5-9(21(12,19)20)10(14-15)16(17)18/h1-3,5H,4H2. The number of halogens is 3. The normalized spacial score (nSPS) is 11.6. The van der Waals surface area contributed by atoms with Crippen LogP contribution >= 0.6 is 26.6 Å². The Kier molecular flexibility index (Phi) is 4.30. The molecule has 0 spiro atoms. The van der Waals surface area contributed by atoms with Crippen molar-refractivity contribution in [2.24, 2.45) is 0 Å². The summed E-state index contributed by atoms with van der Waals surface area (Å²) in [5, 5.41) is 14.3. The van der Waals surface area contributed by atoms with Gasteiger partial charge in [-0.05, 0) is 23.1 Å². The molecule has 7 nitrogen and oxygen atoms in total. The van der Waals surface area contributed by atoms with E-state index in [0.717, 1.165) is 10.9 Å². The average Bonchev–Trinajstić information content (AvgIpc) is 2.78. The van der Waals surface area contributed by atoms with Gasteiger partial charge in [0.05, 0.1) is 17.8 Å². The number of benzene rings is 1. The molecule has 0 unspecified atom stereocenters. The molecular weight excluding hydrogens is 393 g/mol. The van der Waals surface area contributed by atoms with Crippen molar-refractivity contribution in [3.8, 4) is 0 Å². The first kappa shape index (κ1) is 15.9. The number of hydrogen-bond donors (Lipinski definition) is 0. The van der Waals surface area contributed by atoms with Crippen LogP contribution in [0, 0.1) is 15.9 Å². The zero-order valence-electron chi connectivity index (χ0n) is 10.0. The van der Waals surface area contributed by atoms with Crippen LogP contribution in [0.3, 0.4) is 0 Å². The molecule has 0 amide bonds. The van der Waals surface area contributed by atoms with Gasteiger partial charge in [-0.25, -0.2) is 12.8 Å². The van der Waals surface area contributed by atoms with Gasteiger partial charge in [0.2, 0.25) is 4.90 Å². The number of aromatic nitrogens is 2. The van der Waals surface area contributed by atoms with Gasteiger partial charge >= 0.3 is 5.82 Å². The van der Waals surface area contributed by atoms with E-state index in [4.69, 9.17) is 10.7 Å². The Bertz CT molecular complexity index is 824. The first-order valence-electron chi connectivity index (χ1n) is 5.29. The maximum atomic E-state index is 13.6. The largest absolute Gasteiger partial charge is 0.410 e. The van der Waals surface area contributed by atoms with E-state index >= 15 is 0 Å². The van der Waals surface area contributed by atoms with E-state index < -0.39 is 30.5 Å². The second-order valence-electron chi connectivity index (χ2n) is 3.95. The fraction of sp³-hybridized carbons (Fsp3) is 0.100. The Morgan fingerprint density at radius 2 is 2.14 bits per heavy atom. The van der Waals surface area contributed by atoms with Crippen LogP contribution in [0.15, 0.2) is 33.8 Å². The zero-order chi connectivity index (χ0) is 15.8. The van der Waals surface area contributed by atoms with E-state index in [1.165, 1.54) is 18.2 Å². The molecule has 0 aliphatic carbocycles. The molecule has 0 fully saturated rings. The average molecular weight is 399 g/mol. The molecule has 2 aromatic rings. The molecule has 0 radical (unpaired) electrons. The lowest BCUT2D eigenvalue weighted by atomic mass is 10.2. The molecule has 1 aromatic heterocycles. The van der Waals surface area contributed by atoms with E-state index in [1.54, 1.807) is 0 Å². The van der Waals surface area contributed by atoms with E-state index in [1.807, 2.05) is 0 Å². The Balaban J connectivity index is 2.47. The fourth-order valence-corrected chi connectivity index (χ4v) is 2.93. The minimum Gasteiger partial charge on any atom is -0.358 e. The highest BCUT2D eigenvalue weighted by atomic mass is 79.9. The summed E-state index contributed by atoms with van der Waals surface area (Å²) in [6.07, 6.45) is 0.890. The first-order valence-corrected chi connectivity index (χ1v) is 8.39. The van der Waals surface area contributed by atoms with Crippen LogP contribution in [-0.2, 0) is 15.6 Å². The van der Waals surface area contributed by atoms with Gasteiger partial charge in [0.1, 0.15) is 5.82 Å². The summed E-state index contributed by atoms with van der Waals surface area (Å²) in [4.78, 5) is 9.08. The molecule has 1 aromatic carbocycles. The fourth-order valence-electron chi connectivity index (χ4n) is 1.61.